The van der Waals surface area contributed by atoms with Crippen molar-refractivity contribution in [1.82, 2.24) is 4.90 Å². The van der Waals surface area contributed by atoms with Crippen molar-refractivity contribution in [1.29, 1.82) is 0 Å². The Bertz CT molecular complexity index is 809. The van der Waals surface area contributed by atoms with Crippen LogP contribution in [0.2, 0.25) is 0 Å². The molecule has 0 amide bonds. The first-order valence-corrected chi connectivity index (χ1v) is 9.20. The lowest BCUT2D eigenvalue weighted by atomic mass is 9.73. The van der Waals surface area contributed by atoms with E-state index in [2.05, 4.69) is 17.0 Å². The average molecular weight is 349 g/mol. The Kier molecular flexibility index (Phi) is 4.60. The highest BCUT2D eigenvalue weighted by molar-refractivity contribution is 5.91. The number of Topliss-reactive ketones (excluding diaryl/α,β-unsaturated/α-hetero) is 1. The van der Waals surface area contributed by atoms with Crippen molar-refractivity contribution < 1.29 is 14.3 Å². The molecule has 0 radical (unpaired) electrons. The van der Waals surface area contributed by atoms with Crippen LogP contribution in [0.15, 0.2) is 54.6 Å². The van der Waals surface area contributed by atoms with Crippen LogP contribution < -0.4 is 0 Å². The van der Waals surface area contributed by atoms with E-state index in [0.29, 0.717) is 11.3 Å². The van der Waals surface area contributed by atoms with Gasteiger partial charge >= 0.3 is 5.97 Å². The summed E-state index contributed by atoms with van der Waals surface area (Å²) in [5, 5.41) is 0. The van der Waals surface area contributed by atoms with Gasteiger partial charge in [-0.25, -0.2) is 4.79 Å². The fraction of sp³-hybridized carbons (Fsp3) is 0.364. The van der Waals surface area contributed by atoms with Crippen LogP contribution in [-0.2, 0) is 9.53 Å². The molecule has 2 unspecified atom stereocenters. The van der Waals surface area contributed by atoms with Crippen LogP contribution in [0.5, 0.6) is 0 Å². The maximum Gasteiger partial charge on any atom is 0.337 e. The highest BCUT2D eigenvalue weighted by Gasteiger charge is 2.45. The van der Waals surface area contributed by atoms with Crippen molar-refractivity contribution >= 4 is 11.8 Å². The van der Waals surface area contributed by atoms with E-state index in [1.54, 1.807) is 6.07 Å². The number of ether oxygens (including phenoxy) is 1. The Hall–Kier alpha value is -2.46. The Labute approximate surface area is 153 Å². The molecule has 134 valence electrons. The third-order valence-corrected chi connectivity index (χ3v) is 5.76. The van der Waals surface area contributed by atoms with Crippen molar-refractivity contribution in [3.63, 3.8) is 0 Å². The van der Waals surface area contributed by atoms with Gasteiger partial charge in [0.05, 0.1) is 18.7 Å². The van der Waals surface area contributed by atoms with Crippen molar-refractivity contribution in [2.45, 2.75) is 24.8 Å². The standard InChI is InChI=1S/C22H23NO3/c1-26-22(25)18-9-5-8-17(14-18)19(15-6-3-2-4-7-15)20-21(24)16-10-12-23(20)13-11-16/h2-9,14,16,19-20H,10-13H2,1H3. The first kappa shape index (κ1) is 17.0. The van der Waals surface area contributed by atoms with Crippen LogP contribution in [-0.4, -0.2) is 42.9 Å². The molecule has 0 N–H and O–H groups in total. The van der Waals surface area contributed by atoms with Gasteiger partial charge in [-0.05, 0) is 49.2 Å². The van der Waals surface area contributed by atoms with Gasteiger partial charge in [0.1, 0.15) is 0 Å². The monoisotopic (exact) mass is 349 g/mol. The van der Waals surface area contributed by atoms with Crippen LogP contribution in [0.25, 0.3) is 0 Å². The minimum Gasteiger partial charge on any atom is -0.465 e. The topological polar surface area (TPSA) is 46.6 Å². The lowest BCUT2D eigenvalue weighted by Crippen LogP contribution is -2.57. The molecule has 5 rings (SSSR count). The zero-order chi connectivity index (χ0) is 18.1. The fourth-order valence-electron chi connectivity index (χ4n) is 4.45. The van der Waals surface area contributed by atoms with Crippen LogP contribution in [0, 0.1) is 5.92 Å². The molecule has 3 fully saturated rings. The number of benzene rings is 2. The number of methoxy groups -OCH3 is 1. The molecule has 0 aliphatic carbocycles. The number of fused-ring (bicyclic) bond motifs is 3. The number of hydrogen-bond acceptors (Lipinski definition) is 4. The average Bonchev–Trinajstić information content (AvgIpc) is 2.71. The second-order valence-electron chi connectivity index (χ2n) is 7.16. The molecule has 26 heavy (non-hydrogen) atoms. The van der Waals surface area contributed by atoms with Gasteiger partial charge in [0.2, 0.25) is 0 Å². The first-order valence-electron chi connectivity index (χ1n) is 9.20. The number of carbonyl (C=O) groups is 2. The summed E-state index contributed by atoms with van der Waals surface area (Å²) in [5.41, 5.74) is 2.62. The quantitative estimate of drug-likeness (QED) is 0.795. The summed E-state index contributed by atoms with van der Waals surface area (Å²) in [6, 6.07) is 17.5. The highest BCUT2D eigenvalue weighted by Crippen LogP contribution is 2.39. The van der Waals surface area contributed by atoms with Gasteiger partial charge in [0.25, 0.3) is 0 Å². The fourth-order valence-corrected chi connectivity index (χ4v) is 4.45. The van der Waals surface area contributed by atoms with Crippen molar-refractivity contribution in [3.05, 3.63) is 71.3 Å². The zero-order valence-corrected chi connectivity index (χ0v) is 14.9. The van der Waals surface area contributed by atoms with E-state index < -0.39 is 0 Å². The number of nitrogens with zero attached hydrogens (tertiary/aromatic N) is 1. The van der Waals surface area contributed by atoms with E-state index in [1.165, 1.54) is 7.11 Å². The van der Waals surface area contributed by atoms with Crippen LogP contribution in [0.4, 0.5) is 0 Å². The molecule has 0 aromatic heterocycles. The van der Waals surface area contributed by atoms with Crippen molar-refractivity contribution in [2.75, 3.05) is 20.2 Å². The third kappa shape index (κ3) is 2.95. The second kappa shape index (κ2) is 7.04. The highest BCUT2D eigenvalue weighted by atomic mass is 16.5. The SMILES string of the molecule is COC(=O)c1cccc(C(c2ccccc2)C2C(=O)C3CCN2CC3)c1. The van der Waals surface area contributed by atoms with E-state index in [-0.39, 0.29) is 23.8 Å². The summed E-state index contributed by atoms with van der Waals surface area (Å²) < 4.78 is 4.88. The third-order valence-electron chi connectivity index (χ3n) is 5.76. The van der Waals surface area contributed by atoms with Gasteiger partial charge in [-0.15, -0.1) is 0 Å². The zero-order valence-electron chi connectivity index (χ0n) is 14.9. The molecule has 2 bridgehead atoms. The summed E-state index contributed by atoms with van der Waals surface area (Å²) in [6.45, 7) is 1.95. The predicted molar refractivity (Wildman–Crippen MR) is 99.2 cm³/mol. The molecule has 3 saturated heterocycles. The number of carbonyl (C=O) groups excluding carboxylic acids is 2. The molecule has 3 aliphatic rings. The van der Waals surface area contributed by atoms with Gasteiger partial charge < -0.3 is 4.74 Å². The molecule has 0 saturated carbocycles. The Morgan fingerprint density at radius 1 is 1.04 bits per heavy atom. The number of ketones is 1. The Balaban J connectivity index is 1.80. The van der Waals surface area contributed by atoms with Crippen LogP contribution >= 0.6 is 0 Å². The summed E-state index contributed by atoms with van der Waals surface area (Å²) in [7, 11) is 1.39. The number of esters is 1. The first-order chi connectivity index (χ1) is 12.7. The minimum absolute atomic E-state index is 0.0728. The molecule has 2 aromatic carbocycles. The van der Waals surface area contributed by atoms with E-state index in [4.69, 9.17) is 4.74 Å². The molecule has 3 heterocycles. The van der Waals surface area contributed by atoms with Gasteiger partial charge in [-0.3, -0.25) is 9.69 Å². The summed E-state index contributed by atoms with van der Waals surface area (Å²) in [4.78, 5) is 27.4. The number of rotatable bonds is 4. The lowest BCUT2D eigenvalue weighted by molar-refractivity contribution is -0.137. The predicted octanol–water partition coefficient (Wildman–Crippen LogP) is 3.27. The second-order valence-corrected chi connectivity index (χ2v) is 7.16. The maximum atomic E-state index is 13.1. The molecule has 0 spiro atoms. The van der Waals surface area contributed by atoms with Gasteiger partial charge in [0.15, 0.2) is 5.78 Å². The largest absolute Gasteiger partial charge is 0.465 e. The molecule has 2 aromatic rings. The Morgan fingerprint density at radius 2 is 1.73 bits per heavy atom. The van der Waals surface area contributed by atoms with Crippen molar-refractivity contribution in [3.8, 4) is 0 Å². The van der Waals surface area contributed by atoms with E-state index in [1.807, 2.05) is 36.4 Å². The Morgan fingerprint density at radius 3 is 2.38 bits per heavy atom. The van der Waals surface area contributed by atoms with Crippen LogP contribution in [0.3, 0.4) is 0 Å². The van der Waals surface area contributed by atoms with Crippen molar-refractivity contribution in [2.24, 2.45) is 5.92 Å². The molecule has 3 aliphatic heterocycles. The minimum atomic E-state index is -0.351. The van der Waals surface area contributed by atoms with Gasteiger partial charge in [-0.2, -0.15) is 0 Å². The normalized spacial score (nSPS) is 25.7. The molecular formula is C22H23NO3. The van der Waals surface area contributed by atoms with Gasteiger partial charge in [-0.1, -0.05) is 42.5 Å². The molecule has 4 heteroatoms. The maximum absolute atomic E-state index is 13.1. The van der Waals surface area contributed by atoms with Gasteiger partial charge in [0, 0.05) is 11.8 Å². The van der Waals surface area contributed by atoms with E-state index in [0.717, 1.165) is 37.1 Å². The van der Waals surface area contributed by atoms with Crippen LogP contribution in [0.1, 0.15) is 40.2 Å². The lowest BCUT2D eigenvalue weighted by Gasteiger charge is -2.47. The number of hydrogen-bond donors (Lipinski definition) is 0. The summed E-state index contributed by atoms with van der Waals surface area (Å²) in [5.74, 6) is 0.103. The summed E-state index contributed by atoms with van der Waals surface area (Å²) >= 11 is 0. The molecule has 4 nitrogen and oxygen atoms in total. The molecular weight excluding hydrogens is 326 g/mol. The number of piperidine rings is 3. The van der Waals surface area contributed by atoms with E-state index in [9.17, 15) is 9.59 Å². The summed E-state index contributed by atoms with van der Waals surface area (Å²) in [6.07, 6.45) is 1.94. The molecule has 2 atom stereocenters. The van der Waals surface area contributed by atoms with E-state index >= 15 is 0 Å². The smallest absolute Gasteiger partial charge is 0.337 e.